The minimum atomic E-state index is -0.990. The predicted octanol–water partition coefficient (Wildman–Crippen LogP) is 2.92. The zero-order valence-electron chi connectivity index (χ0n) is 12.0. The topological polar surface area (TPSA) is 52.6 Å². The molecule has 0 amide bonds. The van der Waals surface area contributed by atoms with Gasteiger partial charge in [0.2, 0.25) is 0 Å². The van der Waals surface area contributed by atoms with E-state index < -0.39 is 17.9 Å². The van der Waals surface area contributed by atoms with Crippen LogP contribution in [0.1, 0.15) is 39.2 Å². The summed E-state index contributed by atoms with van der Waals surface area (Å²) in [6.07, 6.45) is 0. The zero-order valence-corrected chi connectivity index (χ0v) is 12.0. The summed E-state index contributed by atoms with van der Waals surface area (Å²) in [5.41, 5.74) is 0.587. The van der Waals surface area contributed by atoms with E-state index in [2.05, 4.69) is 0 Å². The second-order valence-electron chi connectivity index (χ2n) is 3.35. The van der Waals surface area contributed by atoms with Crippen molar-refractivity contribution in [2.75, 3.05) is 13.2 Å². The molecule has 0 radical (unpaired) electrons. The minimum absolute atomic E-state index is 0.238. The van der Waals surface area contributed by atoms with Crippen molar-refractivity contribution in [3.05, 3.63) is 35.9 Å². The smallest absolute Gasteiger partial charge is 0.324 e. The number of rotatable bonds is 5. The summed E-state index contributed by atoms with van der Waals surface area (Å²) in [6.45, 7) is 7.87. The molecule has 4 heteroatoms. The van der Waals surface area contributed by atoms with E-state index in [9.17, 15) is 9.59 Å². The van der Waals surface area contributed by atoms with Gasteiger partial charge in [-0.15, -0.1) is 0 Å². The Morgan fingerprint density at radius 1 is 0.947 bits per heavy atom. The van der Waals surface area contributed by atoms with Crippen molar-refractivity contribution in [2.24, 2.45) is 0 Å². The SMILES string of the molecule is CC.CCOC(=O)C(C(=O)OCC)c1ccccc1. The van der Waals surface area contributed by atoms with Crippen molar-refractivity contribution in [3.63, 3.8) is 0 Å². The largest absolute Gasteiger partial charge is 0.465 e. The third-order valence-electron chi connectivity index (χ3n) is 2.18. The minimum Gasteiger partial charge on any atom is -0.465 e. The molecule has 1 rings (SSSR count). The van der Waals surface area contributed by atoms with Crippen LogP contribution in [-0.2, 0) is 19.1 Å². The predicted molar refractivity (Wildman–Crippen MR) is 73.8 cm³/mol. The summed E-state index contributed by atoms with van der Waals surface area (Å²) in [5.74, 6) is -2.13. The number of ether oxygens (including phenoxy) is 2. The Kier molecular flexibility index (Phi) is 9.14. The van der Waals surface area contributed by atoms with Gasteiger partial charge in [0.05, 0.1) is 13.2 Å². The van der Waals surface area contributed by atoms with E-state index in [-0.39, 0.29) is 13.2 Å². The van der Waals surface area contributed by atoms with Gasteiger partial charge in [0.1, 0.15) is 0 Å². The number of carbonyl (C=O) groups is 2. The molecule has 0 aliphatic rings. The van der Waals surface area contributed by atoms with Gasteiger partial charge in [-0.1, -0.05) is 44.2 Å². The van der Waals surface area contributed by atoms with Gasteiger partial charge in [-0.2, -0.15) is 0 Å². The summed E-state index contributed by atoms with van der Waals surface area (Å²) in [7, 11) is 0. The third kappa shape index (κ3) is 5.55. The van der Waals surface area contributed by atoms with E-state index in [1.165, 1.54) is 0 Å². The van der Waals surface area contributed by atoms with Crippen molar-refractivity contribution < 1.29 is 19.1 Å². The molecule has 0 aromatic heterocycles. The van der Waals surface area contributed by atoms with Crippen LogP contribution in [0.25, 0.3) is 0 Å². The van der Waals surface area contributed by atoms with Crippen LogP contribution in [-0.4, -0.2) is 25.2 Å². The standard InChI is InChI=1S/C13H16O4.C2H6/c1-3-16-12(14)11(13(15)17-4-2)10-8-6-5-7-9-10;1-2/h5-9,11H,3-4H2,1-2H3;1-2H3. The lowest BCUT2D eigenvalue weighted by atomic mass is 9.99. The maximum atomic E-state index is 11.7. The Hall–Kier alpha value is -1.84. The lowest BCUT2D eigenvalue weighted by molar-refractivity contribution is -0.156. The molecular weight excluding hydrogens is 244 g/mol. The van der Waals surface area contributed by atoms with Crippen molar-refractivity contribution >= 4 is 11.9 Å². The summed E-state index contributed by atoms with van der Waals surface area (Å²) in [5, 5.41) is 0. The Labute approximate surface area is 114 Å². The van der Waals surface area contributed by atoms with E-state index in [4.69, 9.17) is 9.47 Å². The average molecular weight is 266 g/mol. The number of benzene rings is 1. The van der Waals surface area contributed by atoms with E-state index in [1.54, 1.807) is 38.1 Å². The molecule has 0 N–H and O–H groups in total. The van der Waals surface area contributed by atoms with Gasteiger partial charge in [0, 0.05) is 0 Å². The molecule has 1 aromatic rings. The van der Waals surface area contributed by atoms with Crippen LogP contribution in [0.2, 0.25) is 0 Å². The molecule has 0 bridgehead atoms. The highest BCUT2D eigenvalue weighted by Gasteiger charge is 2.30. The number of esters is 2. The van der Waals surface area contributed by atoms with Crippen LogP contribution in [0, 0.1) is 0 Å². The second kappa shape index (κ2) is 10.1. The Balaban J connectivity index is 0.00000154. The normalized spacial score (nSPS) is 9.32. The zero-order chi connectivity index (χ0) is 14.7. The van der Waals surface area contributed by atoms with Crippen LogP contribution in [0.3, 0.4) is 0 Å². The molecule has 0 unspecified atom stereocenters. The van der Waals surface area contributed by atoms with Crippen LogP contribution < -0.4 is 0 Å². The van der Waals surface area contributed by atoms with Crippen LogP contribution in [0.15, 0.2) is 30.3 Å². The van der Waals surface area contributed by atoms with Gasteiger partial charge in [-0.25, -0.2) is 0 Å². The van der Waals surface area contributed by atoms with Crippen LogP contribution in [0.5, 0.6) is 0 Å². The third-order valence-corrected chi connectivity index (χ3v) is 2.18. The number of carbonyl (C=O) groups excluding carboxylic acids is 2. The van der Waals surface area contributed by atoms with E-state index in [0.717, 1.165) is 0 Å². The molecule has 106 valence electrons. The Morgan fingerprint density at radius 2 is 1.37 bits per heavy atom. The molecule has 1 aromatic carbocycles. The summed E-state index contributed by atoms with van der Waals surface area (Å²) in [6, 6.07) is 8.76. The van der Waals surface area contributed by atoms with E-state index in [1.807, 2.05) is 19.9 Å². The van der Waals surface area contributed by atoms with Gasteiger partial charge in [-0.05, 0) is 19.4 Å². The Morgan fingerprint density at radius 3 is 1.74 bits per heavy atom. The van der Waals surface area contributed by atoms with Crippen molar-refractivity contribution in [3.8, 4) is 0 Å². The van der Waals surface area contributed by atoms with Crippen LogP contribution in [0.4, 0.5) is 0 Å². The quantitative estimate of drug-likeness (QED) is 0.607. The molecule has 19 heavy (non-hydrogen) atoms. The average Bonchev–Trinajstić information content (AvgIpc) is 2.43. The Bertz CT molecular complexity index is 355. The first kappa shape index (κ1) is 17.2. The van der Waals surface area contributed by atoms with E-state index in [0.29, 0.717) is 5.56 Å². The highest BCUT2D eigenvalue weighted by molar-refractivity contribution is 6.00. The van der Waals surface area contributed by atoms with Crippen molar-refractivity contribution in [1.82, 2.24) is 0 Å². The van der Waals surface area contributed by atoms with Gasteiger partial charge >= 0.3 is 11.9 Å². The second-order valence-corrected chi connectivity index (χ2v) is 3.35. The molecule has 0 saturated heterocycles. The maximum absolute atomic E-state index is 11.7. The molecule has 0 spiro atoms. The molecule has 0 saturated carbocycles. The monoisotopic (exact) mass is 266 g/mol. The summed E-state index contributed by atoms with van der Waals surface area (Å²) < 4.78 is 9.77. The first-order valence-corrected chi connectivity index (χ1v) is 6.58. The lowest BCUT2D eigenvalue weighted by Gasteiger charge is -2.14. The number of hydrogen-bond donors (Lipinski definition) is 0. The molecule has 0 aliphatic carbocycles. The van der Waals surface area contributed by atoms with Crippen molar-refractivity contribution in [1.29, 1.82) is 0 Å². The van der Waals surface area contributed by atoms with E-state index >= 15 is 0 Å². The van der Waals surface area contributed by atoms with Gasteiger partial charge < -0.3 is 9.47 Å². The molecule has 4 nitrogen and oxygen atoms in total. The van der Waals surface area contributed by atoms with Crippen molar-refractivity contribution in [2.45, 2.75) is 33.6 Å². The van der Waals surface area contributed by atoms with Gasteiger partial charge in [0.25, 0.3) is 0 Å². The maximum Gasteiger partial charge on any atom is 0.324 e. The molecule has 0 fully saturated rings. The fourth-order valence-corrected chi connectivity index (χ4v) is 1.47. The first-order valence-electron chi connectivity index (χ1n) is 6.58. The molecule has 0 atom stereocenters. The highest BCUT2D eigenvalue weighted by Crippen LogP contribution is 2.19. The summed E-state index contributed by atoms with van der Waals surface area (Å²) in [4.78, 5) is 23.5. The fraction of sp³-hybridized carbons (Fsp3) is 0.467. The first-order chi connectivity index (χ1) is 9.20. The molecule has 0 aliphatic heterocycles. The highest BCUT2D eigenvalue weighted by atomic mass is 16.6. The van der Waals surface area contributed by atoms with Gasteiger partial charge in [0.15, 0.2) is 5.92 Å². The lowest BCUT2D eigenvalue weighted by Crippen LogP contribution is -2.26. The fourth-order valence-electron chi connectivity index (χ4n) is 1.47. The summed E-state index contributed by atoms with van der Waals surface area (Å²) >= 11 is 0. The molecular formula is C15H22O4. The molecule has 0 heterocycles. The number of hydrogen-bond acceptors (Lipinski definition) is 4. The van der Waals surface area contributed by atoms with Crippen LogP contribution >= 0.6 is 0 Å². The van der Waals surface area contributed by atoms with Gasteiger partial charge in [-0.3, -0.25) is 9.59 Å².